The van der Waals surface area contributed by atoms with Gasteiger partial charge in [0, 0.05) is 16.4 Å². The molecule has 0 aromatic heterocycles. The average molecular weight is 314 g/mol. The second-order valence-electron chi connectivity index (χ2n) is 6.68. The smallest absolute Gasteiger partial charge is 0.136 e. The molecule has 0 aliphatic heterocycles. The zero-order valence-corrected chi connectivity index (χ0v) is 14.3. The number of hydrogen-bond donors (Lipinski definition) is 1. The lowest BCUT2D eigenvalue weighted by Crippen LogP contribution is -2.44. The van der Waals surface area contributed by atoms with Crippen LogP contribution in [-0.4, -0.2) is 9.30 Å². The fraction of sp³-hybridized carbons (Fsp3) is 0.625. The van der Waals surface area contributed by atoms with Crippen LogP contribution in [0.1, 0.15) is 57.2 Å². The maximum absolute atomic E-state index is 12.4. The van der Waals surface area contributed by atoms with Gasteiger partial charge in [0.1, 0.15) is 4.75 Å². The van der Waals surface area contributed by atoms with Crippen LogP contribution < -0.4 is 4.72 Å². The highest BCUT2D eigenvalue weighted by molar-refractivity contribution is 7.90. The molecule has 0 heterocycles. The molecule has 1 aliphatic carbocycles. The van der Waals surface area contributed by atoms with Gasteiger partial charge in [-0.05, 0) is 63.6 Å². The largest absolute Gasteiger partial charge is 0.598 e. The summed E-state index contributed by atoms with van der Waals surface area (Å²) in [5.74, 6) is 0.585. The summed E-state index contributed by atoms with van der Waals surface area (Å²) in [7, 11) is 0. The monoisotopic (exact) mass is 313 g/mol. The van der Waals surface area contributed by atoms with Crippen molar-refractivity contribution in [3.8, 4) is 0 Å². The van der Waals surface area contributed by atoms with E-state index >= 15 is 0 Å². The number of nitrogens with one attached hydrogen (secondary N) is 1. The first-order valence-electron chi connectivity index (χ1n) is 7.23. The van der Waals surface area contributed by atoms with E-state index < -0.39 is 11.4 Å². The van der Waals surface area contributed by atoms with Crippen molar-refractivity contribution in [3.05, 3.63) is 34.3 Å². The van der Waals surface area contributed by atoms with E-state index in [0.717, 1.165) is 10.6 Å². The van der Waals surface area contributed by atoms with E-state index in [4.69, 9.17) is 11.6 Å². The van der Waals surface area contributed by atoms with Gasteiger partial charge in [0.15, 0.2) is 0 Å². The number of hydrogen-bond acceptors (Lipinski definition) is 2. The molecule has 1 aromatic rings. The summed E-state index contributed by atoms with van der Waals surface area (Å²) in [5.41, 5.74) is 2.28. The lowest BCUT2D eigenvalue weighted by Gasteiger charge is -2.36. The first-order chi connectivity index (χ1) is 9.29. The zero-order chi connectivity index (χ0) is 14.9. The second-order valence-corrected chi connectivity index (χ2v) is 9.08. The Morgan fingerprint density at radius 3 is 2.45 bits per heavy atom. The van der Waals surface area contributed by atoms with E-state index in [0.29, 0.717) is 5.92 Å². The highest BCUT2D eigenvalue weighted by atomic mass is 35.5. The van der Waals surface area contributed by atoms with Crippen molar-refractivity contribution in [1.82, 2.24) is 4.72 Å². The Balaban J connectivity index is 2.21. The minimum atomic E-state index is -1.05. The molecular formula is C16H24ClNOS. The van der Waals surface area contributed by atoms with Crippen LogP contribution in [0.4, 0.5) is 0 Å². The fourth-order valence-corrected chi connectivity index (χ4v) is 3.39. The summed E-state index contributed by atoms with van der Waals surface area (Å²) >= 11 is 5.06. The van der Waals surface area contributed by atoms with Crippen molar-refractivity contribution < 1.29 is 4.55 Å². The van der Waals surface area contributed by atoms with Gasteiger partial charge in [0.2, 0.25) is 0 Å². The van der Waals surface area contributed by atoms with Crippen LogP contribution in [0.2, 0.25) is 5.02 Å². The van der Waals surface area contributed by atoms with Gasteiger partial charge in [-0.3, -0.25) is 0 Å². The number of benzene rings is 1. The van der Waals surface area contributed by atoms with Crippen LogP contribution in [-0.2, 0) is 11.4 Å². The molecule has 1 N–H and O–H groups in total. The topological polar surface area (TPSA) is 35.1 Å². The molecule has 0 radical (unpaired) electrons. The van der Waals surface area contributed by atoms with E-state index in [9.17, 15) is 4.55 Å². The van der Waals surface area contributed by atoms with E-state index in [2.05, 4.69) is 16.9 Å². The molecule has 0 saturated heterocycles. The number of rotatable bonds is 4. The molecule has 1 aromatic carbocycles. The molecule has 1 saturated carbocycles. The fourth-order valence-electron chi connectivity index (χ4n) is 2.36. The quantitative estimate of drug-likeness (QED) is 0.828. The van der Waals surface area contributed by atoms with Crippen LogP contribution in [0.25, 0.3) is 0 Å². The molecule has 0 amide bonds. The standard InChI is InChI=1S/C16H24ClNOS/c1-11-10-13(8-9-14(11)17)15(12-6-5-7-12)18-20(19)16(2,3)4/h8-10,12,15,18H,5-7H2,1-4H3/t15?,20-/m0/s1. The lowest BCUT2D eigenvalue weighted by atomic mass is 9.77. The molecule has 1 fully saturated rings. The second kappa shape index (κ2) is 6.27. The van der Waals surface area contributed by atoms with Crippen molar-refractivity contribution in [3.63, 3.8) is 0 Å². The molecule has 20 heavy (non-hydrogen) atoms. The summed E-state index contributed by atoms with van der Waals surface area (Å²) in [6.45, 7) is 8.02. The molecule has 4 heteroatoms. The molecule has 2 nitrogen and oxygen atoms in total. The van der Waals surface area contributed by atoms with Gasteiger partial charge in [0.25, 0.3) is 0 Å². The van der Waals surface area contributed by atoms with Gasteiger partial charge in [-0.1, -0.05) is 30.2 Å². The maximum Gasteiger partial charge on any atom is 0.136 e. The van der Waals surface area contributed by atoms with Gasteiger partial charge in [0.05, 0.1) is 6.04 Å². The minimum Gasteiger partial charge on any atom is -0.598 e. The van der Waals surface area contributed by atoms with Crippen molar-refractivity contribution in [1.29, 1.82) is 0 Å². The number of halogens is 1. The summed E-state index contributed by atoms with van der Waals surface area (Å²) in [4.78, 5) is 0. The van der Waals surface area contributed by atoms with Gasteiger partial charge in [-0.2, -0.15) is 0 Å². The molecular weight excluding hydrogens is 290 g/mol. The minimum absolute atomic E-state index is 0.166. The summed E-state index contributed by atoms with van der Waals surface area (Å²) in [5, 5.41) is 0.790. The van der Waals surface area contributed by atoms with Crippen LogP contribution in [0, 0.1) is 12.8 Å². The third kappa shape index (κ3) is 3.70. The molecule has 1 aliphatic rings. The highest BCUT2D eigenvalue weighted by Gasteiger charge is 2.35. The van der Waals surface area contributed by atoms with Gasteiger partial charge >= 0.3 is 0 Å². The van der Waals surface area contributed by atoms with Crippen LogP contribution in [0.3, 0.4) is 0 Å². The normalized spacial score (nSPS) is 19.5. The number of aryl methyl sites for hydroxylation is 1. The Kier molecular flexibility index (Phi) is 5.06. The molecule has 0 spiro atoms. The Hall–Kier alpha value is -0.220. The highest BCUT2D eigenvalue weighted by Crippen LogP contribution is 2.39. The molecule has 112 valence electrons. The van der Waals surface area contributed by atoms with Gasteiger partial charge < -0.3 is 4.55 Å². The van der Waals surface area contributed by atoms with E-state index in [1.54, 1.807) is 0 Å². The van der Waals surface area contributed by atoms with Crippen LogP contribution >= 0.6 is 11.6 Å². The first-order valence-corrected chi connectivity index (χ1v) is 8.76. The summed E-state index contributed by atoms with van der Waals surface area (Å²) < 4.78 is 15.5. The Morgan fingerprint density at radius 1 is 1.35 bits per heavy atom. The van der Waals surface area contributed by atoms with Crippen LogP contribution in [0.15, 0.2) is 18.2 Å². The molecule has 0 bridgehead atoms. The molecule has 1 unspecified atom stereocenters. The van der Waals surface area contributed by atoms with Crippen LogP contribution in [0.5, 0.6) is 0 Å². The van der Waals surface area contributed by atoms with E-state index in [1.807, 2.05) is 33.8 Å². The van der Waals surface area contributed by atoms with Crippen molar-refractivity contribution in [2.24, 2.45) is 5.92 Å². The third-order valence-corrected chi connectivity index (χ3v) is 5.96. The summed E-state index contributed by atoms with van der Waals surface area (Å²) in [6.07, 6.45) is 3.69. The summed E-state index contributed by atoms with van der Waals surface area (Å²) in [6, 6.07) is 6.29. The van der Waals surface area contributed by atoms with Crippen molar-refractivity contribution >= 4 is 23.0 Å². The third-order valence-electron chi connectivity index (χ3n) is 3.95. The average Bonchev–Trinajstić information content (AvgIpc) is 2.28. The van der Waals surface area contributed by atoms with Crippen molar-refractivity contribution in [2.75, 3.05) is 0 Å². The van der Waals surface area contributed by atoms with E-state index in [-0.39, 0.29) is 10.8 Å². The Bertz CT molecular complexity index is 468. The molecule has 2 atom stereocenters. The van der Waals surface area contributed by atoms with E-state index in [1.165, 1.54) is 24.8 Å². The SMILES string of the molecule is Cc1cc(C(N[S@@+]([O-])C(C)(C)C)C2CCC2)ccc1Cl. The Morgan fingerprint density at radius 2 is 2.00 bits per heavy atom. The van der Waals surface area contributed by atoms with Gasteiger partial charge in [-0.15, -0.1) is 4.72 Å². The van der Waals surface area contributed by atoms with Crippen molar-refractivity contribution in [2.45, 2.75) is 57.7 Å². The maximum atomic E-state index is 12.4. The zero-order valence-electron chi connectivity index (χ0n) is 12.7. The molecule has 2 rings (SSSR count). The predicted molar refractivity (Wildman–Crippen MR) is 87.3 cm³/mol. The first kappa shape index (κ1) is 16.2. The Labute approximate surface area is 130 Å². The lowest BCUT2D eigenvalue weighted by molar-refractivity contribution is 0.250. The predicted octanol–water partition coefficient (Wildman–Crippen LogP) is 4.54. The van der Waals surface area contributed by atoms with Gasteiger partial charge in [-0.25, -0.2) is 0 Å².